The third-order valence-corrected chi connectivity index (χ3v) is 4.13. The Morgan fingerprint density at radius 3 is 2.95 bits per heavy atom. The standard InChI is InChI=1S/C13H22N4OS.HI/c1-3-12-16-10(9-19-12)7-15-13(14-4-2)17-6-5-11(18)8-17;/h9,11,18H,3-8H2,1-2H3,(H,14,15);1H/t11-;/m1./s1. The summed E-state index contributed by atoms with van der Waals surface area (Å²) in [5.74, 6) is 0.880. The summed E-state index contributed by atoms with van der Waals surface area (Å²) in [4.78, 5) is 11.2. The topological polar surface area (TPSA) is 60.8 Å². The number of guanidine groups is 1. The smallest absolute Gasteiger partial charge is 0.194 e. The van der Waals surface area contributed by atoms with Crippen molar-refractivity contribution in [2.45, 2.75) is 39.3 Å². The molecule has 1 aromatic rings. The second kappa shape index (κ2) is 8.78. The maximum Gasteiger partial charge on any atom is 0.194 e. The lowest BCUT2D eigenvalue weighted by molar-refractivity contribution is 0.188. The van der Waals surface area contributed by atoms with E-state index in [1.165, 1.54) is 0 Å². The fraction of sp³-hybridized carbons (Fsp3) is 0.692. The minimum atomic E-state index is -0.227. The fourth-order valence-electron chi connectivity index (χ4n) is 2.10. The number of aliphatic imine (C=N–C) groups is 1. The number of nitrogens with one attached hydrogen (secondary N) is 1. The van der Waals surface area contributed by atoms with E-state index in [0.29, 0.717) is 13.1 Å². The molecule has 0 bridgehead atoms. The van der Waals surface area contributed by atoms with Gasteiger partial charge in [0.25, 0.3) is 0 Å². The van der Waals surface area contributed by atoms with Crippen LogP contribution < -0.4 is 5.32 Å². The Bertz CT molecular complexity index is 438. The summed E-state index contributed by atoms with van der Waals surface area (Å²) in [6.45, 7) is 7.14. The van der Waals surface area contributed by atoms with Gasteiger partial charge in [-0.3, -0.25) is 0 Å². The summed E-state index contributed by atoms with van der Waals surface area (Å²) in [6, 6.07) is 0. The summed E-state index contributed by atoms with van der Waals surface area (Å²) in [7, 11) is 0. The zero-order valence-electron chi connectivity index (χ0n) is 12.0. The van der Waals surface area contributed by atoms with Gasteiger partial charge in [0.05, 0.1) is 23.4 Å². The van der Waals surface area contributed by atoms with E-state index in [2.05, 4.69) is 39.4 Å². The molecule has 0 aliphatic carbocycles. The Morgan fingerprint density at radius 2 is 2.40 bits per heavy atom. The molecule has 1 fully saturated rings. The van der Waals surface area contributed by atoms with E-state index >= 15 is 0 Å². The molecule has 0 amide bonds. The van der Waals surface area contributed by atoms with Crippen molar-refractivity contribution in [3.05, 3.63) is 16.1 Å². The first-order chi connectivity index (χ1) is 9.22. The monoisotopic (exact) mass is 410 g/mol. The second-order valence-corrected chi connectivity index (χ2v) is 5.59. The number of aryl methyl sites for hydroxylation is 1. The van der Waals surface area contributed by atoms with Crippen molar-refractivity contribution in [2.75, 3.05) is 19.6 Å². The lowest BCUT2D eigenvalue weighted by Crippen LogP contribution is -2.40. The highest BCUT2D eigenvalue weighted by molar-refractivity contribution is 14.0. The molecule has 20 heavy (non-hydrogen) atoms. The van der Waals surface area contributed by atoms with Crippen molar-refractivity contribution >= 4 is 41.3 Å². The van der Waals surface area contributed by atoms with E-state index in [-0.39, 0.29) is 30.1 Å². The maximum absolute atomic E-state index is 9.60. The van der Waals surface area contributed by atoms with E-state index in [1.807, 2.05) is 0 Å². The zero-order valence-corrected chi connectivity index (χ0v) is 15.1. The number of β-amino-alcohol motifs (C(OH)–C–C–N with tert-alkyl or cyclic N) is 1. The maximum atomic E-state index is 9.60. The molecule has 0 spiro atoms. The highest BCUT2D eigenvalue weighted by Crippen LogP contribution is 2.12. The number of halogens is 1. The molecule has 0 unspecified atom stereocenters. The van der Waals surface area contributed by atoms with E-state index < -0.39 is 0 Å². The summed E-state index contributed by atoms with van der Waals surface area (Å²) in [6.07, 6.45) is 1.57. The Kier molecular flexibility index (Phi) is 7.75. The van der Waals surface area contributed by atoms with Crippen LogP contribution in [0.4, 0.5) is 0 Å². The van der Waals surface area contributed by atoms with Crippen LogP contribution in [0.25, 0.3) is 0 Å². The van der Waals surface area contributed by atoms with Crippen LogP contribution in [0.1, 0.15) is 31.0 Å². The molecule has 1 aliphatic rings. The molecule has 0 radical (unpaired) electrons. The van der Waals surface area contributed by atoms with Gasteiger partial charge in [0.15, 0.2) is 5.96 Å². The van der Waals surface area contributed by atoms with Gasteiger partial charge in [-0.2, -0.15) is 0 Å². The largest absolute Gasteiger partial charge is 0.391 e. The SMILES string of the molecule is CCNC(=NCc1csc(CC)n1)N1CC[C@@H](O)C1.I. The molecule has 1 atom stereocenters. The molecule has 0 saturated carbocycles. The molecular weight excluding hydrogens is 387 g/mol. The van der Waals surface area contributed by atoms with Gasteiger partial charge in [-0.25, -0.2) is 9.98 Å². The van der Waals surface area contributed by atoms with Crippen molar-refractivity contribution < 1.29 is 5.11 Å². The molecule has 2 N–H and O–H groups in total. The Morgan fingerprint density at radius 1 is 1.60 bits per heavy atom. The first-order valence-corrected chi connectivity index (χ1v) is 7.75. The first-order valence-electron chi connectivity index (χ1n) is 6.87. The number of thiazole rings is 1. The van der Waals surface area contributed by atoms with Crippen molar-refractivity contribution in [2.24, 2.45) is 4.99 Å². The van der Waals surface area contributed by atoms with Crippen molar-refractivity contribution in [1.82, 2.24) is 15.2 Å². The number of aliphatic hydroxyl groups is 1. The second-order valence-electron chi connectivity index (χ2n) is 4.64. The number of hydrogen-bond acceptors (Lipinski definition) is 4. The van der Waals surface area contributed by atoms with Crippen LogP contribution in [-0.2, 0) is 13.0 Å². The number of nitrogens with zero attached hydrogens (tertiary/aromatic N) is 3. The summed E-state index contributed by atoms with van der Waals surface area (Å²) in [5, 5.41) is 16.1. The normalized spacial score (nSPS) is 19.1. The average Bonchev–Trinajstić information content (AvgIpc) is 3.03. The summed E-state index contributed by atoms with van der Waals surface area (Å²) >= 11 is 1.69. The number of likely N-dealkylation sites (tertiary alicyclic amines) is 1. The van der Waals surface area contributed by atoms with E-state index in [0.717, 1.165) is 42.6 Å². The van der Waals surface area contributed by atoms with Gasteiger partial charge >= 0.3 is 0 Å². The van der Waals surface area contributed by atoms with Crippen molar-refractivity contribution in [3.8, 4) is 0 Å². The van der Waals surface area contributed by atoms with Gasteiger partial charge in [-0.15, -0.1) is 35.3 Å². The van der Waals surface area contributed by atoms with Crippen molar-refractivity contribution in [3.63, 3.8) is 0 Å². The van der Waals surface area contributed by atoms with Gasteiger partial charge in [-0.1, -0.05) is 6.92 Å². The van der Waals surface area contributed by atoms with Gasteiger partial charge in [-0.05, 0) is 19.8 Å². The average molecular weight is 410 g/mol. The number of hydrogen-bond donors (Lipinski definition) is 2. The van der Waals surface area contributed by atoms with Crippen LogP contribution in [0.2, 0.25) is 0 Å². The molecule has 5 nitrogen and oxygen atoms in total. The van der Waals surface area contributed by atoms with Gasteiger partial charge in [0.2, 0.25) is 0 Å². The predicted octanol–water partition coefficient (Wildman–Crippen LogP) is 1.86. The molecule has 1 aliphatic heterocycles. The Labute approximate surface area is 141 Å². The number of rotatable bonds is 4. The summed E-state index contributed by atoms with van der Waals surface area (Å²) < 4.78 is 0. The highest BCUT2D eigenvalue weighted by atomic mass is 127. The summed E-state index contributed by atoms with van der Waals surface area (Å²) in [5.41, 5.74) is 1.02. The molecular formula is C13H23IN4OS. The van der Waals surface area contributed by atoms with Crippen LogP contribution in [0, 0.1) is 0 Å². The van der Waals surface area contributed by atoms with E-state index in [1.54, 1.807) is 11.3 Å². The third kappa shape index (κ3) is 4.85. The van der Waals surface area contributed by atoms with Crippen LogP contribution in [-0.4, -0.2) is 46.7 Å². The van der Waals surface area contributed by atoms with Crippen LogP contribution in [0.5, 0.6) is 0 Å². The van der Waals surface area contributed by atoms with Gasteiger partial charge in [0, 0.05) is 25.0 Å². The lowest BCUT2D eigenvalue weighted by Gasteiger charge is -2.20. The molecule has 2 heterocycles. The Balaban J connectivity index is 0.00000200. The van der Waals surface area contributed by atoms with E-state index in [4.69, 9.17) is 0 Å². The number of aliphatic hydroxyl groups excluding tert-OH is 1. The molecule has 7 heteroatoms. The molecule has 114 valence electrons. The molecule has 1 aromatic heterocycles. The minimum Gasteiger partial charge on any atom is -0.391 e. The lowest BCUT2D eigenvalue weighted by atomic mass is 10.3. The van der Waals surface area contributed by atoms with Gasteiger partial charge in [0.1, 0.15) is 0 Å². The zero-order chi connectivity index (χ0) is 13.7. The minimum absolute atomic E-state index is 0. The van der Waals surface area contributed by atoms with Crippen LogP contribution in [0.15, 0.2) is 10.4 Å². The quantitative estimate of drug-likeness (QED) is 0.452. The predicted molar refractivity (Wildman–Crippen MR) is 93.9 cm³/mol. The molecule has 2 rings (SSSR count). The van der Waals surface area contributed by atoms with E-state index in [9.17, 15) is 5.11 Å². The van der Waals surface area contributed by atoms with Crippen LogP contribution in [0.3, 0.4) is 0 Å². The molecule has 0 aromatic carbocycles. The van der Waals surface area contributed by atoms with Gasteiger partial charge < -0.3 is 15.3 Å². The first kappa shape index (κ1) is 17.6. The Hall–Kier alpha value is -0.410. The van der Waals surface area contributed by atoms with Crippen molar-refractivity contribution in [1.29, 1.82) is 0 Å². The fourth-order valence-corrected chi connectivity index (χ4v) is 2.84. The molecule has 1 saturated heterocycles. The van der Waals surface area contributed by atoms with Crippen LogP contribution >= 0.6 is 35.3 Å². The highest BCUT2D eigenvalue weighted by Gasteiger charge is 2.22. The third-order valence-electron chi connectivity index (χ3n) is 3.09. The number of aromatic nitrogens is 1.